The topological polar surface area (TPSA) is 21.3 Å². The SMILES string of the molecule is CNC(CSc1ccccc1C)C1CCOC1. The third-order valence-corrected chi connectivity index (χ3v) is 4.71. The van der Waals surface area contributed by atoms with Gasteiger partial charge < -0.3 is 10.1 Å². The highest BCUT2D eigenvalue weighted by Gasteiger charge is 2.24. The average Bonchev–Trinajstić information content (AvgIpc) is 2.86. The third-order valence-electron chi connectivity index (χ3n) is 3.42. The molecule has 94 valence electrons. The highest BCUT2D eigenvalue weighted by molar-refractivity contribution is 7.99. The van der Waals surface area contributed by atoms with Gasteiger partial charge in [0.15, 0.2) is 0 Å². The first-order chi connectivity index (χ1) is 8.31. The second kappa shape index (κ2) is 6.43. The lowest BCUT2D eigenvalue weighted by atomic mass is 10.0. The molecule has 17 heavy (non-hydrogen) atoms. The van der Waals surface area contributed by atoms with E-state index in [1.54, 1.807) is 0 Å². The summed E-state index contributed by atoms with van der Waals surface area (Å²) >= 11 is 1.95. The van der Waals surface area contributed by atoms with Gasteiger partial charge in [0.25, 0.3) is 0 Å². The Labute approximate surface area is 108 Å². The molecule has 1 aromatic carbocycles. The smallest absolute Gasteiger partial charge is 0.0510 e. The van der Waals surface area contributed by atoms with Crippen molar-refractivity contribution in [1.29, 1.82) is 0 Å². The molecule has 0 aliphatic carbocycles. The Morgan fingerprint density at radius 3 is 2.94 bits per heavy atom. The maximum absolute atomic E-state index is 5.47. The number of hydrogen-bond donors (Lipinski definition) is 1. The van der Waals surface area contributed by atoms with Gasteiger partial charge in [0, 0.05) is 29.2 Å². The van der Waals surface area contributed by atoms with E-state index in [1.807, 2.05) is 11.8 Å². The molecular weight excluding hydrogens is 230 g/mol. The van der Waals surface area contributed by atoms with Gasteiger partial charge in [-0.05, 0) is 32.0 Å². The molecule has 0 bridgehead atoms. The third kappa shape index (κ3) is 3.47. The molecule has 1 aliphatic rings. The Morgan fingerprint density at radius 2 is 2.29 bits per heavy atom. The van der Waals surface area contributed by atoms with Gasteiger partial charge in [-0.15, -0.1) is 11.8 Å². The Bertz CT molecular complexity index is 350. The molecule has 1 N–H and O–H groups in total. The van der Waals surface area contributed by atoms with Crippen LogP contribution in [0.5, 0.6) is 0 Å². The Hall–Kier alpha value is -0.510. The predicted octanol–water partition coefficient (Wildman–Crippen LogP) is 2.71. The van der Waals surface area contributed by atoms with Gasteiger partial charge in [0.2, 0.25) is 0 Å². The van der Waals surface area contributed by atoms with Crippen LogP contribution in [0.15, 0.2) is 29.2 Å². The molecule has 2 unspecified atom stereocenters. The van der Waals surface area contributed by atoms with Crippen LogP contribution in [0.25, 0.3) is 0 Å². The molecule has 1 fully saturated rings. The number of ether oxygens (including phenoxy) is 1. The van der Waals surface area contributed by atoms with Crippen molar-refractivity contribution in [3.05, 3.63) is 29.8 Å². The normalized spacial score (nSPS) is 21.6. The van der Waals surface area contributed by atoms with E-state index in [0.29, 0.717) is 12.0 Å². The zero-order valence-electron chi connectivity index (χ0n) is 10.6. The monoisotopic (exact) mass is 251 g/mol. The van der Waals surface area contributed by atoms with Crippen molar-refractivity contribution in [1.82, 2.24) is 5.32 Å². The van der Waals surface area contributed by atoms with Gasteiger partial charge in [0.05, 0.1) is 6.61 Å². The van der Waals surface area contributed by atoms with Crippen molar-refractivity contribution in [2.45, 2.75) is 24.3 Å². The van der Waals surface area contributed by atoms with E-state index in [4.69, 9.17) is 4.74 Å². The van der Waals surface area contributed by atoms with E-state index in [0.717, 1.165) is 19.0 Å². The van der Waals surface area contributed by atoms with Crippen LogP contribution in [-0.4, -0.2) is 32.1 Å². The molecule has 0 saturated carbocycles. The van der Waals surface area contributed by atoms with E-state index in [1.165, 1.54) is 16.9 Å². The number of benzene rings is 1. The number of aryl methyl sites for hydroxylation is 1. The minimum absolute atomic E-state index is 0.558. The quantitative estimate of drug-likeness (QED) is 0.813. The van der Waals surface area contributed by atoms with Gasteiger partial charge in [-0.1, -0.05) is 18.2 Å². The average molecular weight is 251 g/mol. The summed E-state index contributed by atoms with van der Waals surface area (Å²) in [7, 11) is 2.06. The van der Waals surface area contributed by atoms with Crippen molar-refractivity contribution in [3.63, 3.8) is 0 Å². The maximum Gasteiger partial charge on any atom is 0.0510 e. The zero-order valence-corrected chi connectivity index (χ0v) is 11.4. The van der Waals surface area contributed by atoms with Crippen LogP contribution in [0.3, 0.4) is 0 Å². The van der Waals surface area contributed by atoms with Crippen LogP contribution in [0.4, 0.5) is 0 Å². The molecule has 1 aliphatic heterocycles. The molecule has 1 heterocycles. The maximum atomic E-state index is 5.47. The molecule has 0 radical (unpaired) electrons. The van der Waals surface area contributed by atoms with Crippen LogP contribution < -0.4 is 5.32 Å². The highest BCUT2D eigenvalue weighted by Crippen LogP contribution is 2.26. The second-order valence-electron chi connectivity index (χ2n) is 4.60. The molecule has 0 spiro atoms. The molecule has 2 rings (SSSR count). The number of nitrogens with one attached hydrogen (secondary N) is 1. The first-order valence-corrected chi connectivity index (χ1v) is 7.23. The van der Waals surface area contributed by atoms with Crippen LogP contribution in [0.1, 0.15) is 12.0 Å². The molecular formula is C14H21NOS. The van der Waals surface area contributed by atoms with Crippen molar-refractivity contribution >= 4 is 11.8 Å². The second-order valence-corrected chi connectivity index (χ2v) is 5.66. The fraction of sp³-hybridized carbons (Fsp3) is 0.571. The van der Waals surface area contributed by atoms with Crippen LogP contribution in [-0.2, 0) is 4.74 Å². The fourth-order valence-corrected chi connectivity index (χ4v) is 3.49. The summed E-state index contributed by atoms with van der Waals surface area (Å²) in [6, 6.07) is 9.15. The van der Waals surface area contributed by atoms with Gasteiger partial charge in [-0.3, -0.25) is 0 Å². The Morgan fingerprint density at radius 1 is 1.47 bits per heavy atom. The van der Waals surface area contributed by atoms with Gasteiger partial charge in [-0.25, -0.2) is 0 Å². The molecule has 2 nitrogen and oxygen atoms in total. The minimum Gasteiger partial charge on any atom is -0.381 e. The largest absolute Gasteiger partial charge is 0.381 e. The molecule has 1 aromatic rings. The Kier molecular flexibility index (Phi) is 4.89. The zero-order chi connectivity index (χ0) is 12.1. The van der Waals surface area contributed by atoms with Crippen molar-refractivity contribution < 1.29 is 4.74 Å². The van der Waals surface area contributed by atoms with Crippen molar-refractivity contribution in [2.24, 2.45) is 5.92 Å². The summed E-state index contributed by atoms with van der Waals surface area (Å²) in [6.07, 6.45) is 1.19. The highest BCUT2D eigenvalue weighted by atomic mass is 32.2. The number of hydrogen-bond acceptors (Lipinski definition) is 3. The first-order valence-electron chi connectivity index (χ1n) is 6.24. The van der Waals surface area contributed by atoms with E-state index >= 15 is 0 Å². The lowest BCUT2D eigenvalue weighted by Crippen LogP contribution is -2.36. The van der Waals surface area contributed by atoms with E-state index < -0.39 is 0 Å². The van der Waals surface area contributed by atoms with Gasteiger partial charge >= 0.3 is 0 Å². The summed E-state index contributed by atoms with van der Waals surface area (Å²) in [4.78, 5) is 1.40. The summed E-state index contributed by atoms with van der Waals surface area (Å²) in [5.41, 5.74) is 1.37. The molecule has 0 amide bonds. The minimum atomic E-state index is 0.558. The predicted molar refractivity (Wildman–Crippen MR) is 73.7 cm³/mol. The lowest BCUT2D eigenvalue weighted by molar-refractivity contribution is 0.180. The standard InChI is InChI=1S/C14H21NOS/c1-11-5-3-4-6-14(11)17-10-13(15-2)12-7-8-16-9-12/h3-6,12-13,15H,7-10H2,1-2H3. The summed E-state index contributed by atoms with van der Waals surface area (Å²) < 4.78 is 5.47. The fourth-order valence-electron chi connectivity index (χ4n) is 2.22. The van der Waals surface area contributed by atoms with Crippen LogP contribution in [0.2, 0.25) is 0 Å². The molecule has 2 atom stereocenters. The number of thioether (sulfide) groups is 1. The lowest BCUT2D eigenvalue weighted by Gasteiger charge is -2.21. The van der Waals surface area contributed by atoms with E-state index in [-0.39, 0.29) is 0 Å². The summed E-state index contributed by atoms with van der Waals surface area (Å²) in [5.74, 6) is 1.80. The van der Waals surface area contributed by atoms with E-state index in [9.17, 15) is 0 Å². The van der Waals surface area contributed by atoms with Crippen molar-refractivity contribution in [3.8, 4) is 0 Å². The van der Waals surface area contributed by atoms with Crippen molar-refractivity contribution in [2.75, 3.05) is 26.0 Å². The van der Waals surface area contributed by atoms with Gasteiger partial charge in [-0.2, -0.15) is 0 Å². The molecule has 1 saturated heterocycles. The van der Waals surface area contributed by atoms with Crippen LogP contribution in [0, 0.1) is 12.8 Å². The summed E-state index contributed by atoms with van der Waals surface area (Å²) in [6.45, 7) is 4.02. The first kappa shape index (κ1) is 12.9. The number of rotatable bonds is 5. The van der Waals surface area contributed by atoms with E-state index in [2.05, 4.69) is 43.6 Å². The molecule has 0 aromatic heterocycles. The van der Waals surface area contributed by atoms with Crippen LogP contribution >= 0.6 is 11.8 Å². The Balaban J connectivity index is 1.89. The molecule has 3 heteroatoms. The summed E-state index contributed by atoms with van der Waals surface area (Å²) in [5, 5.41) is 3.43. The van der Waals surface area contributed by atoms with Gasteiger partial charge in [0.1, 0.15) is 0 Å².